The minimum atomic E-state index is -0.499. The zero-order valence-corrected chi connectivity index (χ0v) is 12.4. The van der Waals surface area contributed by atoms with Crippen molar-refractivity contribution in [3.8, 4) is 0 Å². The fraction of sp³-hybridized carbons (Fsp3) is 0.769. The van der Waals surface area contributed by atoms with E-state index in [9.17, 15) is 9.59 Å². The van der Waals surface area contributed by atoms with Gasteiger partial charge < -0.3 is 15.8 Å². The fourth-order valence-corrected chi connectivity index (χ4v) is 1.70. The zero-order valence-electron chi connectivity index (χ0n) is 12.4. The highest BCUT2D eigenvalue weighted by atomic mass is 16.6. The van der Waals surface area contributed by atoms with Crippen molar-refractivity contribution in [1.82, 2.24) is 10.2 Å². The molecule has 0 saturated heterocycles. The summed E-state index contributed by atoms with van der Waals surface area (Å²) in [4.78, 5) is 28.5. The molecule has 0 aromatic carbocycles. The number of nitrogens with one attached hydrogen (secondary N) is 1. The van der Waals surface area contributed by atoms with E-state index in [1.807, 2.05) is 20.8 Å². The van der Waals surface area contributed by atoms with Gasteiger partial charge in [0.2, 0.25) is 5.91 Å². The smallest absolute Gasteiger partial charge is 0.410 e. The van der Waals surface area contributed by atoms with Crippen LogP contribution < -0.4 is 11.1 Å². The molecule has 0 saturated carbocycles. The molecule has 7 nitrogen and oxygen atoms in total. The van der Waals surface area contributed by atoms with Crippen LogP contribution in [0, 0.1) is 0 Å². The standard InChI is InChI=1S/C13H24N4O3/c1-13(2,3)20-12(19)17-8-7-16-11(9-17)15-6-4-5-10(14)18/h4-9H2,1-3H3,(H2,14,18)(H,15,16). The molecule has 7 heteroatoms. The van der Waals surface area contributed by atoms with Crippen molar-refractivity contribution in [2.24, 2.45) is 10.7 Å². The molecule has 0 radical (unpaired) electrons. The van der Waals surface area contributed by atoms with Crippen LogP contribution in [0.4, 0.5) is 4.79 Å². The average Bonchev–Trinajstić information content (AvgIpc) is 2.33. The van der Waals surface area contributed by atoms with E-state index in [1.54, 1.807) is 4.90 Å². The number of primary amides is 1. The number of rotatable bonds is 4. The maximum Gasteiger partial charge on any atom is 0.410 e. The van der Waals surface area contributed by atoms with Crippen molar-refractivity contribution < 1.29 is 14.3 Å². The highest BCUT2D eigenvalue weighted by Crippen LogP contribution is 2.10. The van der Waals surface area contributed by atoms with Crippen LogP contribution in [0.2, 0.25) is 0 Å². The Morgan fingerprint density at radius 2 is 2.15 bits per heavy atom. The van der Waals surface area contributed by atoms with Crippen molar-refractivity contribution in [2.75, 3.05) is 26.2 Å². The molecule has 0 aliphatic carbocycles. The molecule has 114 valence electrons. The van der Waals surface area contributed by atoms with E-state index in [1.165, 1.54) is 0 Å². The van der Waals surface area contributed by atoms with Gasteiger partial charge in [-0.15, -0.1) is 0 Å². The van der Waals surface area contributed by atoms with Gasteiger partial charge in [0.1, 0.15) is 11.4 Å². The van der Waals surface area contributed by atoms with E-state index >= 15 is 0 Å². The van der Waals surface area contributed by atoms with Gasteiger partial charge in [-0.1, -0.05) is 0 Å². The first kappa shape index (κ1) is 16.3. The number of nitrogens with two attached hydrogens (primary N) is 1. The summed E-state index contributed by atoms with van der Waals surface area (Å²) in [5, 5.41) is 3.12. The maximum atomic E-state index is 11.9. The van der Waals surface area contributed by atoms with Gasteiger partial charge in [-0.3, -0.25) is 14.7 Å². The Balaban J connectivity index is 2.36. The second-order valence-corrected chi connectivity index (χ2v) is 5.73. The average molecular weight is 284 g/mol. The van der Waals surface area contributed by atoms with Crippen molar-refractivity contribution in [3.63, 3.8) is 0 Å². The summed E-state index contributed by atoms with van der Waals surface area (Å²) in [6.07, 6.45) is 0.667. The highest BCUT2D eigenvalue weighted by molar-refractivity contribution is 5.87. The van der Waals surface area contributed by atoms with E-state index in [-0.39, 0.29) is 12.0 Å². The Labute approximate surface area is 119 Å². The summed E-state index contributed by atoms with van der Waals surface area (Å²) in [6, 6.07) is 0. The molecule has 0 unspecified atom stereocenters. The summed E-state index contributed by atoms with van der Waals surface area (Å²) in [5.74, 6) is 0.430. The molecule has 0 atom stereocenters. The Hall–Kier alpha value is -1.79. The molecule has 0 spiro atoms. The predicted molar refractivity (Wildman–Crippen MR) is 76.5 cm³/mol. The van der Waals surface area contributed by atoms with Gasteiger partial charge in [0.15, 0.2) is 0 Å². The van der Waals surface area contributed by atoms with Crippen LogP contribution in [-0.4, -0.2) is 54.5 Å². The highest BCUT2D eigenvalue weighted by Gasteiger charge is 2.24. The summed E-state index contributed by atoms with van der Waals surface area (Å²) >= 11 is 0. The molecule has 0 fully saturated rings. The topological polar surface area (TPSA) is 97.0 Å². The third-order valence-corrected chi connectivity index (χ3v) is 2.59. The minimum absolute atomic E-state index is 0.312. The summed E-state index contributed by atoms with van der Waals surface area (Å²) < 4.78 is 5.33. The van der Waals surface area contributed by atoms with E-state index in [0.29, 0.717) is 39.0 Å². The van der Waals surface area contributed by atoms with Gasteiger partial charge >= 0.3 is 6.09 Å². The minimum Gasteiger partial charge on any atom is -0.444 e. The molecule has 0 aromatic heterocycles. The Bertz CT molecular complexity index is 388. The number of aliphatic imine (C=N–C) groups is 1. The molecule has 1 rings (SSSR count). The normalized spacial score (nSPS) is 15.6. The lowest BCUT2D eigenvalue weighted by Gasteiger charge is -2.29. The molecule has 3 N–H and O–H groups in total. The number of hydrogen-bond donors (Lipinski definition) is 2. The number of hydrogen-bond acceptors (Lipinski definition) is 5. The van der Waals surface area contributed by atoms with Gasteiger partial charge in [-0.2, -0.15) is 0 Å². The molecular formula is C13H24N4O3. The number of nitrogens with zero attached hydrogens (tertiary/aromatic N) is 2. The number of amidine groups is 1. The maximum absolute atomic E-state index is 11.9. The first-order chi connectivity index (χ1) is 9.28. The van der Waals surface area contributed by atoms with Gasteiger partial charge in [-0.25, -0.2) is 4.79 Å². The first-order valence-corrected chi connectivity index (χ1v) is 6.81. The van der Waals surface area contributed by atoms with Crippen LogP contribution >= 0.6 is 0 Å². The quantitative estimate of drug-likeness (QED) is 0.734. The van der Waals surface area contributed by atoms with E-state index in [4.69, 9.17) is 10.5 Å². The number of carbonyl (C=O) groups is 2. The third-order valence-electron chi connectivity index (χ3n) is 2.59. The monoisotopic (exact) mass is 284 g/mol. The predicted octanol–water partition coefficient (Wildman–Crippen LogP) is 0.491. The molecule has 20 heavy (non-hydrogen) atoms. The molecule has 0 aromatic rings. The summed E-state index contributed by atoms with van der Waals surface area (Å²) in [7, 11) is 0. The first-order valence-electron chi connectivity index (χ1n) is 6.81. The van der Waals surface area contributed by atoms with E-state index in [2.05, 4.69) is 10.3 Å². The Morgan fingerprint density at radius 3 is 2.75 bits per heavy atom. The lowest BCUT2D eigenvalue weighted by molar-refractivity contribution is -0.118. The lowest BCUT2D eigenvalue weighted by Crippen LogP contribution is -2.47. The SMILES string of the molecule is CC(C)(C)OC(=O)N1CCN=C(NCCCC(N)=O)C1. The van der Waals surface area contributed by atoms with Crippen LogP contribution in [0.3, 0.4) is 0 Å². The molecule has 1 aliphatic heterocycles. The van der Waals surface area contributed by atoms with Crippen molar-refractivity contribution in [3.05, 3.63) is 0 Å². The van der Waals surface area contributed by atoms with Crippen LogP contribution in [-0.2, 0) is 9.53 Å². The number of carbonyl (C=O) groups excluding carboxylic acids is 2. The van der Waals surface area contributed by atoms with Gasteiger partial charge in [-0.05, 0) is 27.2 Å². The van der Waals surface area contributed by atoms with Crippen LogP contribution in [0.1, 0.15) is 33.6 Å². The van der Waals surface area contributed by atoms with Gasteiger partial charge in [0.25, 0.3) is 0 Å². The van der Waals surface area contributed by atoms with Gasteiger partial charge in [0, 0.05) is 19.5 Å². The second kappa shape index (κ2) is 7.12. The van der Waals surface area contributed by atoms with E-state index < -0.39 is 5.60 Å². The Morgan fingerprint density at radius 1 is 1.45 bits per heavy atom. The van der Waals surface area contributed by atoms with Gasteiger partial charge in [0.05, 0.1) is 13.1 Å². The molecule has 1 heterocycles. The van der Waals surface area contributed by atoms with E-state index in [0.717, 1.165) is 5.84 Å². The van der Waals surface area contributed by atoms with Crippen LogP contribution in [0.25, 0.3) is 0 Å². The summed E-state index contributed by atoms with van der Waals surface area (Å²) in [5.41, 5.74) is 4.57. The fourth-order valence-electron chi connectivity index (χ4n) is 1.70. The largest absolute Gasteiger partial charge is 0.444 e. The molecular weight excluding hydrogens is 260 g/mol. The van der Waals surface area contributed by atoms with Crippen LogP contribution in [0.15, 0.2) is 4.99 Å². The molecule has 0 bridgehead atoms. The molecule has 1 aliphatic rings. The third kappa shape index (κ3) is 6.40. The molecule has 2 amide bonds. The van der Waals surface area contributed by atoms with Crippen molar-refractivity contribution in [2.45, 2.75) is 39.2 Å². The Kier molecular flexibility index (Phi) is 5.79. The number of amides is 2. The van der Waals surface area contributed by atoms with Crippen LogP contribution in [0.5, 0.6) is 0 Å². The zero-order chi connectivity index (χ0) is 15.2. The number of ether oxygens (including phenoxy) is 1. The summed E-state index contributed by atoms with van der Waals surface area (Å²) in [6.45, 7) is 7.65. The lowest BCUT2D eigenvalue weighted by atomic mass is 10.2. The van der Waals surface area contributed by atoms with Crippen molar-refractivity contribution in [1.29, 1.82) is 0 Å². The second-order valence-electron chi connectivity index (χ2n) is 5.73. The van der Waals surface area contributed by atoms with Crippen molar-refractivity contribution >= 4 is 17.8 Å².